The van der Waals surface area contributed by atoms with Gasteiger partial charge in [0.05, 0.1) is 22.1 Å². The molecule has 144 valence electrons. The minimum absolute atomic E-state index is 0.00846. The molecule has 3 rings (SSSR count). The third-order valence-corrected chi connectivity index (χ3v) is 5.71. The van der Waals surface area contributed by atoms with Crippen molar-refractivity contribution in [2.45, 2.75) is 32.0 Å². The Kier molecular flexibility index (Phi) is 5.46. The summed E-state index contributed by atoms with van der Waals surface area (Å²) in [6.07, 6.45) is 0.563. The number of nitro groups is 1. The van der Waals surface area contributed by atoms with Crippen molar-refractivity contribution in [1.82, 2.24) is 9.55 Å². The van der Waals surface area contributed by atoms with Gasteiger partial charge in [0, 0.05) is 35.7 Å². The molecule has 28 heavy (non-hydrogen) atoms. The molecule has 1 aromatic carbocycles. The molecular weight excluding hydrogens is 382 g/mol. The van der Waals surface area contributed by atoms with Crippen LogP contribution in [0.2, 0.25) is 0 Å². The molecule has 0 radical (unpaired) electrons. The van der Waals surface area contributed by atoms with Crippen molar-refractivity contribution in [3.8, 4) is 6.07 Å². The molecule has 0 fully saturated rings. The smallest absolute Gasteiger partial charge is 0.270 e. The summed E-state index contributed by atoms with van der Waals surface area (Å²) >= 11 is 1.34. The highest BCUT2D eigenvalue weighted by Gasteiger charge is 2.28. The Morgan fingerprint density at radius 1 is 1.54 bits per heavy atom. The van der Waals surface area contributed by atoms with E-state index in [0.717, 1.165) is 6.07 Å². The van der Waals surface area contributed by atoms with E-state index in [0.29, 0.717) is 28.6 Å². The van der Waals surface area contributed by atoms with Crippen LogP contribution in [0.25, 0.3) is 0 Å². The van der Waals surface area contributed by atoms with Gasteiger partial charge in [-0.3, -0.25) is 24.3 Å². The fourth-order valence-electron chi connectivity index (χ4n) is 3.04. The van der Waals surface area contributed by atoms with Crippen LogP contribution in [0.3, 0.4) is 0 Å². The van der Waals surface area contributed by atoms with Crippen LogP contribution in [0.1, 0.15) is 23.7 Å². The number of nitriles is 1. The SMILES string of the molecule is CCc1c(C)nc2n(c1=O)CC(C(=O)Nc1ccc([N+](=O)[O-])cc1C#N)CS2. The molecule has 0 spiro atoms. The van der Waals surface area contributed by atoms with Crippen LogP contribution in [0.15, 0.2) is 28.2 Å². The molecular formula is C18H17N5O4S. The number of rotatable bonds is 4. The van der Waals surface area contributed by atoms with Gasteiger partial charge in [0.15, 0.2) is 5.16 Å². The van der Waals surface area contributed by atoms with Gasteiger partial charge in [-0.15, -0.1) is 0 Å². The van der Waals surface area contributed by atoms with Crippen molar-refractivity contribution in [3.63, 3.8) is 0 Å². The molecule has 0 saturated heterocycles. The van der Waals surface area contributed by atoms with Gasteiger partial charge in [-0.25, -0.2) is 4.98 Å². The molecule has 0 aliphatic carbocycles. The molecule has 2 aromatic rings. The normalized spacial score (nSPS) is 15.4. The molecule has 1 aromatic heterocycles. The molecule has 1 aliphatic rings. The van der Waals surface area contributed by atoms with E-state index in [9.17, 15) is 25.0 Å². The molecule has 1 aliphatic heterocycles. The lowest BCUT2D eigenvalue weighted by atomic mass is 10.1. The van der Waals surface area contributed by atoms with Crippen LogP contribution >= 0.6 is 11.8 Å². The maximum absolute atomic E-state index is 12.7. The van der Waals surface area contributed by atoms with E-state index >= 15 is 0 Å². The monoisotopic (exact) mass is 399 g/mol. The Balaban J connectivity index is 1.84. The average molecular weight is 399 g/mol. The lowest BCUT2D eigenvalue weighted by molar-refractivity contribution is -0.384. The minimum atomic E-state index is -0.603. The first-order valence-electron chi connectivity index (χ1n) is 8.58. The summed E-state index contributed by atoms with van der Waals surface area (Å²) in [5, 5.41) is 23.3. The summed E-state index contributed by atoms with van der Waals surface area (Å²) in [7, 11) is 0. The number of amides is 1. The number of carbonyl (C=O) groups excluding carboxylic acids is 1. The van der Waals surface area contributed by atoms with Gasteiger partial charge >= 0.3 is 0 Å². The summed E-state index contributed by atoms with van der Waals surface area (Å²) in [5.41, 5.74) is 1.19. The Bertz CT molecular complexity index is 1070. The van der Waals surface area contributed by atoms with E-state index in [1.165, 1.54) is 28.5 Å². The molecule has 1 unspecified atom stereocenters. The predicted octanol–water partition coefficient (Wildman–Crippen LogP) is 2.25. The first-order chi connectivity index (χ1) is 13.3. The fourth-order valence-corrected chi connectivity index (χ4v) is 4.16. The van der Waals surface area contributed by atoms with Gasteiger partial charge in [0.2, 0.25) is 5.91 Å². The third kappa shape index (κ3) is 3.61. The topological polar surface area (TPSA) is 131 Å². The predicted molar refractivity (Wildman–Crippen MR) is 103 cm³/mol. The van der Waals surface area contributed by atoms with Gasteiger partial charge in [-0.05, 0) is 19.4 Å². The fraction of sp³-hybridized carbons (Fsp3) is 0.333. The molecule has 9 nitrogen and oxygen atoms in total. The van der Waals surface area contributed by atoms with E-state index in [1.807, 2.05) is 13.0 Å². The highest BCUT2D eigenvalue weighted by molar-refractivity contribution is 7.99. The number of nitrogens with zero attached hydrogens (tertiary/aromatic N) is 4. The standard InChI is InChI=1S/C18H17N5O4S/c1-3-14-10(2)20-18-22(17(14)25)8-12(9-28-18)16(24)21-15-5-4-13(23(26)27)6-11(15)7-19/h4-6,12H,3,8-9H2,1-2H3,(H,21,24). The number of carbonyl (C=O) groups is 1. The lowest BCUT2D eigenvalue weighted by Gasteiger charge is -2.25. The molecule has 10 heteroatoms. The van der Waals surface area contributed by atoms with E-state index in [-0.39, 0.29) is 34.9 Å². The number of nitro benzene ring substituents is 1. The Labute approximate surface area is 164 Å². The zero-order chi connectivity index (χ0) is 20.4. The van der Waals surface area contributed by atoms with Crippen molar-refractivity contribution in [2.24, 2.45) is 5.92 Å². The highest BCUT2D eigenvalue weighted by Crippen LogP contribution is 2.28. The second-order valence-electron chi connectivity index (χ2n) is 6.32. The molecule has 0 bridgehead atoms. The van der Waals surface area contributed by atoms with Gasteiger partial charge in [-0.1, -0.05) is 18.7 Å². The molecule has 1 N–H and O–H groups in total. The third-order valence-electron chi connectivity index (χ3n) is 4.57. The summed E-state index contributed by atoms with van der Waals surface area (Å²) in [4.78, 5) is 40.1. The molecule has 1 atom stereocenters. The number of anilines is 1. The largest absolute Gasteiger partial charge is 0.325 e. The second kappa shape index (κ2) is 7.82. The van der Waals surface area contributed by atoms with E-state index in [2.05, 4.69) is 10.3 Å². The lowest BCUT2D eigenvalue weighted by Crippen LogP contribution is -2.38. The highest BCUT2D eigenvalue weighted by atomic mass is 32.2. The maximum Gasteiger partial charge on any atom is 0.270 e. The first-order valence-corrected chi connectivity index (χ1v) is 9.56. The van der Waals surface area contributed by atoms with Gasteiger partial charge in [0.25, 0.3) is 11.2 Å². The number of thioether (sulfide) groups is 1. The van der Waals surface area contributed by atoms with Crippen LogP contribution in [-0.2, 0) is 17.8 Å². The summed E-state index contributed by atoms with van der Waals surface area (Å²) in [6.45, 7) is 3.89. The van der Waals surface area contributed by atoms with Crippen molar-refractivity contribution in [3.05, 3.63) is 55.5 Å². The summed E-state index contributed by atoms with van der Waals surface area (Å²) < 4.78 is 1.52. The number of non-ortho nitro benzene ring substituents is 1. The van der Waals surface area contributed by atoms with E-state index in [1.54, 1.807) is 6.92 Å². The van der Waals surface area contributed by atoms with Crippen LogP contribution in [-0.4, -0.2) is 26.1 Å². The summed E-state index contributed by atoms with van der Waals surface area (Å²) in [6, 6.07) is 5.54. The Hall–Kier alpha value is -3.19. The van der Waals surface area contributed by atoms with Gasteiger partial charge in [0.1, 0.15) is 6.07 Å². The van der Waals surface area contributed by atoms with Crippen molar-refractivity contribution >= 4 is 29.0 Å². The van der Waals surface area contributed by atoms with Crippen molar-refractivity contribution < 1.29 is 9.72 Å². The average Bonchev–Trinajstić information content (AvgIpc) is 2.68. The number of aryl methyl sites for hydroxylation is 1. The Morgan fingerprint density at radius 2 is 2.29 bits per heavy atom. The van der Waals surface area contributed by atoms with E-state index < -0.39 is 10.8 Å². The minimum Gasteiger partial charge on any atom is -0.325 e. The number of hydrogen-bond donors (Lipinski definition) is 1. The van der Waals surface area contributed by atoms with Crippen LogP contribution in [0.4, 0.5) is 11.4 Å². The second-order valence-corrected chi connectivity index (χ2v) is 7.31. The van der Waals surface area contributed by atoms with Crippen molar-refractivity contribution in [1.29, 1.82) is 5.26 Å². The number of hydrogen-bond acceptors (Lipinski definition) is 7. The number of nitrogens with one attached hydrogen (secondary N) is 1. The van der Waals surface area contributed by atoms with Crippen molar-refractivity contribution in [2.75, 3.05) is 11.1 Å². The first kappa shape index (κ1) is 19.6. The van der Waals surface area contributed by atoms with Crippen LogP contribution in [0.5, 0.6) is 0 Å². The quantitative estimate of drug-likeness (QED) is 0.474. The number of fused-ring (bicyclic) bond motifs is 1. The van der Waals surface area contributed by atoms with Gasteiger partial charge in [-0.2, -0.15) is 5.26 Å². The molecule has 2 heterocycles. The van der Waals surface area contributed by atoms with Crippen LogP contribution in [0, 0.1) is 34.3 Å². The maximum atomic E-state index is 12.7. The van der Waals surface area contributed by atoms with Crippen LogP contribution < -0.4 is 10.9 Å². The van der Waals surface area contributed by atoms with E-state index in [4.69, 9.17) is 0 Å². The zero-order valence-electron chi connectivity index (χ0n) is 15.3. The zero-order valence-corrected chi connectivity index (χ0v) is 16.1. The number of aromatic nitrogens is 2. The van der Waals surface area contributed by atoms with Gasteiger partial charge < -0.3 is 5.32 Å². The number of benzene rings is 1. The Morgan fingerprint density at radius 3 is 2.93 bits per heavy atom. The molecule has 1 amide bonds. The summed E-state index contributed by atoms with van der Waals surface area (Å²) in [5.74, 6) is -0.405. The molecule has 0 saturated carbocycles.